The Morgan fingerprint density at radius 2 is 2.38 bits per heavy atom. The van der Waals surface area contributed by atoms with E-state index in [-0.39, 0.29) is 11.8 Å². The van der Waals surface area contributed by atoms with Crippen LogP contribution in [0, 0.1) is 5.92 Å². The monoisotopic (exact) mass is 236 g/mol. The number of hydrogen-bond donors (Lipinski definition) is 2. The van der Waals surface area contributed by atoms with Crippen LogP contribution in [-0.2, 0) is 4.79 Å². The molecule has 2 aromatic rings. The van der Waals surface area contributed by atoms with Crippen molar-refractivity contribution in [1.29, 1.82) is 0 Å². The zero-order valence-corrected chi connectivity index (χ0v) is 9.03. The summed E-state index contributed by atoms with van der Waals surface area (Å²) in [5, 5.41) is 17.5. The summed E-state index contributed by atoms with van der Waals surface area (Å²) in [4.78, 5) is 10.8. The molecule has 82 valence electrons. The quantitative estimate of drug-likeness (QED) is 0.842. The second-order valence-corrected chi connectivity index (χ2v) is 4.52. The van der Waals surface area contributed by atoms with Crippen molar-refractivity contribution >= 4 is 28.5 Å². The van der Waals surface area contributed by atoms with E-state index in [2.05, 4.69) is 10.2 Å². The number of hydrogen-bond acceptors (Lipinski definition) is 2. The number of aromatic nitrogens is 2. The number of carboxylic acid groups (broad SMARTS) is 1. The molecule has 3 rings (SSSR count). The minimum atomic E-state index is -0.741. The normalized spacial score (nSPS) is 23.6. The number of nitrogens with one attached hydrogen (secondary N) is 1. The molecule has 5 heteroatoms. The average Bonchev–Trinajstić information content (AvgIpc) is 2.93. The number of nitrogens with zero attached hydrogens (tertiary/aromatic N) is 1. The van der Waals surface area contributed by atoms with E-state index in [1.165, 1.54) is 0 Å². The van der Waals surface area contributed by atoms with Crippen molar-refractivity contribution < 1.29 is 9.90 Å². The van der Waals surface area contributed by atoms with Crippen LogP contribution in [-0.4, -0.2) is 21.3 Å². The average molecular weight is 237 g/mol. The maximum absolute atomic E-state index is 10.8. The number of rotatable bonds is 2. The molecule has 2 atom stereocenters. The van der Waals surface area contributed by atoms with Crippen LogP contribution in [0.5, 0.6) is 0 Å². The van der Waals surface area contributed by atoms with E-state index in [9.17, 15) is 4.79 Å². The third-order valence-corrected chi connectivity index (χ3v) is 3.26. The van der Waals surface area contributed by atoms with Gasteiger partial charge in [0.15, 0.2) is 0 Å². The van der Waals surface area contributed by atoms with Gasteiger partial charge in [-0.05, 0) is 24.6 Å². The Morgan fingerprint density at radius 3 is 3.06 bits per heavy atom. The Morgan fingerprint density at radius 1 is 1.56 bits per heavy atom. The standard InChI is InChI=1S/C11H9ClN2O2/c12-5-1-2-9-8(3-5)10(14-13-9)6-4-7(6)11(15)16/h1-3,6-7H,4H2,(H,13,14)(H,15,16)/t6-,7-/m0/s1. The predicted molar refractivity (Wildman–Crippen MR) is 59.6 cm³/mol. The van der Waals surface area contributed by atoms with Gasteiger partial charge in [0, 0.05) is 22.0 Å². The molecule has 1 heterocycles. The van der Waals surface area contributed by atoms with Gasteiger partial charge in [0.05, 0.1) is 11.4 Å². The van der Waals surface area contributed by atoms with Gasteiger partial charge in [-0.3, -0.25) is 9.89 Å². The fourth-order valence-corrected chi connectivity index (χ4v) is 2.24. The van der Waals surface area contributed by atoms with E-state index in [4.69, 9.17) is 16.7 Å². The van der Waals surface area contributed by atoms with Crippen molar-refractivity contribution in [1.82, 2.24) is 10.2 Å². The maximum Gasteiger partial charge on any atom is 0.307 e. The second kappa shape index (κ2) is 3.22. The lowest BCUT2D eigenvalue weighted by Gasteiger charge is -1.95. The Bertz CT molecular complexity index is 578. The molecule has 1 aromatic carbocycles. The van der Waals surface area contributed by atoms with Crippen molar-refractivity contribution in [3.05, 3.63) is 28.9 Å². The zero-order valence-electron chi connectivity index (χ0n) is 8.27. The van der Waals surface area contributed by atoms with Gasteiger partial charge in [-0.25, -0.2) is 0 Å². The van der Waals surface area contributed by atoms with Crippen LogP contribution in [0.4, 0.5) is 0 Å². The van der Waals surface area contributed by atoms with Crippen molar-refractivity contribution in [3.8, 4) is 0 Å². The van der Waals surface area contributed by atoms with Crippen molar-refractivity contribution in [2.24, 2.45) is 5.92 Å². The van der Waals surface area contributed by atoms with E-state index in [1.54, 1.807) is 6.07 Å². The third kappa shape index (κ3) is 1.38. The maximum atomic E-state index is 10.8. The van der Waals surface area contributed by atoms with Gasteiger partial charge in [-0.2, -0.15) is 5.10 Å². The molecule has 1 aliphatic rings. The number of carbonyl (C=O) groups is 1. The van der Waals surface area contributed by atoms with Gasteiger partial charge < -0.3 is 5.11 Å². The summed E-state index contributed by atoms with van der Waals surface area (Å²) in [6.07, 6.45) is 0.680. The third-order valence-electron chi connectivity index (χ3n) is 3.02. The van der Waals surface area contributed by atoms with Crippen LogP contribution in [0.1, 0.15) is 18.0 Å². The number of carboxylic acids is 1. The Labute approximate surface area is 96.2 Å². The molecule has 2 N–H and O–H groups in total. The van der Waals surface area contributed by atoms with Gasteiger partial charge in [0.1, 0.15) is 0 Å². The lowest BCUT2D eigenvalue weighted by atomic mass is 10.1. The zero-order chi connectivity index (χ0) is 11.3. The highest BCUT2D eigenvalue weighted by atomic mass is 35.5. The second-order valence-electron chi connectivity index (χ2n) is 4.09. The van der Waals surface area contributed by atoms with Gasteiger partial charge in [0.2, 0.25) is 0 Å². The molecule has 0 aliphatic heterocycles. The van der Waals surface area contributed by atoms with Crippen LogP contribution in [0.2, 0.25) is 5.02 Å². The van der Waals surface area contributed by atoms with Gasteiger partial charge in [-0.1, -0.05) is 11.6 Å². The molecule has 0 spiro atoms. The first-order chi connectivity index (χ1) is 7.66. The number of aliphatic carboxylic acids is 1. The van der Waals surface area contributed by atoms with Crippen molar-refractivity contribution in [2.45, 2.75) is 12.3 Å². The molecule has 4 nitrogen and oxygen atoms in total. The van der Waals surface area contributed by atoms with E-state index >= 15 is 0 Å². The highest BCUT2D eigenvalue weighted by Gasteiger charge is 2.46. The van der Waals surface area contributed by atoms with Crippen LogP contribution < -0.4 is 0 Å². The largest absolute Gasteiger partial charge is 0.481 e. The first-order valence-corrected chi connectivity index (χ1v) is 5.41. The molecular weight excluding hydrogens is 228 g/mol. The number of H-pyrrole nitrogens is 1. The van der Waals surface area contributed by atoms with Crippen LogP contribution >= 0.6 is 11.6 Å². The summed E-state index contributed by atoms with van der Waals surface area (Å²) < 4.78 is 0. The summed E-state index contributed by atoms with van der Waals surface area (Å²) in [5.41, 5.74) is 1.72. The molecule has 1 saturated carbocycles. The number of fused-ring (bicyclic) bond motifs is 1. The molecule has 1 fully saturated rings. The summed E-state index contributed by atoms with van der Waals surface area (Å²) in [5.74, 6) is -0.960. The Balaban J connectivity index is 2.05. The highest BCUT2D eigenvalue weighted by molar-refractivity contribution is 6.31. The molecule has 16 heavy (non-hydrogen) atoms. The molecule has 1 aliphatic carbocycles. The van der Waals surface area contributed by atoms with Crippen LogP contribution in [0.25, 0.3) is 10.9 Å². The van der Waals surface area contributed by atoms with Crippen molar-refractivity contribution in [2.75, 3.05) is 0 Å². The Kier molecular flexibility index (Phi) is 1.94. The van der Waals surface area contributed by atoms with E-state index < -0.39 is 5.97 Å². The lowest BCUT2D eigenvalue weighted by Crippen LogP contribution is -1.99. The first kappa shape index (κ1) is 9.66. The first-order valence-electron chi connectivity index (χ1n) is 5.03. The number of halogens is 1. The molecule has 0 radical (unpaired) electrons. The minimum absolute atomic E-state index is 0.0565. The minimum Gasteiger partial charge on any atom is -0.481 e. The molecule has 0 unspecified atom stereocenters. The summed E-state index contributed by atoms with van der Waals surface area (Å²) in [6, 6.07) is 5.43. The molecule has 0 amide bonds. The topological polar surface area (TPSA) is 66.0 Å². The molecular formula is C11H9ClN2O2. The van der Waals surface area contributed by atoms with E-state index in [0.717, 1.165) is 16.6 Å². The molecule has 0 bridgehead atoms. The number of aromatic amines is 1. The fraction of sp³-hybridized carbons (Fsp3) is 0.273. The summed E-state index contributed by atoms with van der Waals surface area (Å²) in [6.45, 7) is 0. The van der Waals surface area contributed by atoms with E-state index in [1.807, 2.05) is 12.1 Å². The van der Waals surface area contributed by atoms with Gasteiger partial charge >= 0.3 is 5.97 Å². The van der Waals surface area contributed by atoms with Crippen LogP contribution in [0.15, 0.2) is 18.2 Å². The predicted octanol–water partition coefficient (Wildman–Crippen LogP) is 2.40. The van der Waals surface area contributed by atoms with E-state index in [0.29, 0.717) is 11.4 Å². The molecule has 0 saturated heterocycles. The SMILES string of the molecule is O=C(O)[C@H]1C[C@@H]1c1[nH]nc2ccc(Cl)cc12. The Hall–Kier alpha value is -1.55. The highest BCUT2D eigenvalue weighted by Crippen LogP contribution is 2.48. The van der Waals surface area contributed by atoms with Crippen LogP contribution in [0.3, 0.4) is 0 Å². The summed E-state index contributed by atoms with van der Waals surface area (Å²) in [7, 11) is 0. The smallest absolute Gasteiger partial charge is 0.307 e. The lowest BCUT2D eigenvalue weighted by molar-refractivity contribution is -0.138. The fourth-order valence-electron chi connectivity index (χ4n) is 2.07. The van der Waals surface area contributed by atoms with Gasteiger partial charge in [0.25, 0.3) is 0 Å². The molecule has 1 aromatic heterocycles. The van der Waals surface area contributed by atoms with Crippen molar-refractivity contribution in [3.63, 3.8) is 0 Å². The number of benzene rings is 1. The summed E-state index contributed by atoms with van der Waals surface area (Å²) >= 11 is 5.91. The van der Waals surface area contributed by atoms with Gasteiger partial charge in [-0.15, -0.1) is 0 Å².